The Hall–Kier alpha value is -3.27. The number of anilines is 1. The molecule has 0 fully saturated rings. The predicted molar refractivity (Wildman–Crippen MR) is 148 cm³/mol. The van der Waals surface area contributed by atoms with Crippen molar-refractivity contribution in [1.29, 1.82) is 0 Å². The zero-order valence-corrected chi connectivity index (χ0v) is 21.8. The highest BCUT2D eigenvalue weighted by Crippen LogP contribution is 2.14. The molecule has 37 heavy (non-hydrogen) atoms. The maximum absolute atomic E-state index is 13.2. The van der Waals surface area contributed by atoms with E-state index in [9.17, 15) is 14.4 Å². The maximum Gasteiger partial charge on any atom is 0.246 e. The van der Waals surface area contributed by atoms with Gasteiger partial charge in [0.1, 0.15) is 6.04 Å². The number of amides is 3. The van der Waals surface area contributed by atoms with E-state index in [0.717, 1.165) is 24.8 Å². The number of nitrogens with two attached hydrogens (primary N) is 3. The van der Waals surface area contributed by atoms with Gasteiger partial charge in [-0.15, -0.1) is 0 Å². The molecule has 2 aromatic carbocycles. The topological polar surface area (TPSA) is 157 Å². The Labute approximate surface area is 220 Å². The number of nitrogens with one attached hydrogen (secondary N) is 2. The fraction of sp³-hybridized carbons (Fsp3) is 0.464. The second-order valence-corrected chi connectivity index (χ2v) is 9.14. The number of rotatable bonds is 16. The molecule has 3 amide bonds. The first kappa shape index (κ1) is 30.0. The largest absolute Gasteiger partial charge is 0.343 e. The van der Waals surface area contributed by atoms with Gasteiger partial charge in [-0.3, -0.25) is 14.4 Å². The zero-order valence-electron chi connectivity index (χ0n) is 21.8. The van der Waals surface area contributed by atoms with Crippen LogP contribution in [0, 0.1) is 0 Å². The highest BCUT2D eigenvalue weighted by molar-refractivity contribution is 5.98. The van der Waals surface area contributed by atoms with E-state index in [2.05, 4.69) is 17.6 Å². The summed E-state index contributed by atoms with van der Waals surface area (Å²) in [6.07, 6.45) is 3.99. The van der Waals surface area contributed by atoms with Crippen LogP contribution in [0.1, 0.15) is 43.7 Å². The van der Waals surface area contributed by atoms with Gasteiger partial charge in [0.2, 0.25) is 17.7 Å². The summed E-state index contributed by atoms with van der Waals surface area (Å²) in [5.74, 6) is -1.19. The summed E-state index contributed by atoms with van der Waals surface area (Å²) in [4.78, 5) is 40.2. The molecule has 0 spiro atoms. The van der Waals surface area contributed by atoms with Crippen molar-refractivity contribution < 1.29 is 14.4 Å². The summed E-state index contributed by atoms with van der Waals surface area (Å²) in [5.41, 5.74) is 20.1. The molecule has 8 N–H and O–H groups in total. The molecule has 0 aliphatic heterocycles. The average Bonchev–Trinajstić information content (AvgIpc) is 2.90. The fourth-order valence-electron chi connectivity index (χ4n) is 3.95. The van der Waals surface area contributed by atoms with Gasteiger partial charge < -0.3 is 32.7 Å². The monoisotopic (exact) mass is 510 g/mol. The molecule has 0 aliphatic rings. The van der Waals surface area contributed by atoms with E-state index in [1.807, 2.05) is 54.6 Å². The lowest BCUT2D eigenvalue weighted by molar-refractivity contribution is -0.134. The van der Waals surface area contributed by atoms with Crippen molar-refractivity contribution in [2.75, 3.05) is 31.5 Å². The van der Waals surface area contributed by atoms with Crippen LogP contribution < -0.4 is 27.8 Å². The molecule has 9 heteroatoms. The van der Waals surface area contributed by atoms with Crippen molar-refractivity contribution in [3.8, 4) is 0 Å². The second-order valence-electron chi connectivity index (χ2n) is 9.14. The SMILES string of the molecule is CCCCc1ccc(NC(=O)[C@H](CCc2ccccc2)NC(=O)[C@@H](N)CC(=O)N(CCN)CCN)cc1. The van der Waals surface area contributed by atoms with Crippen LogP contribution in [0.25, 0.3) is 0 Å². The lowest BCUT2D eigenvalue weighted by atomic mass is 10.0. The van der Waals surface area contributed by atoms with E-state index < -0.39 is 18.0 Å². The minimum absolute atomic E-state index is 0.196. The second kappa shape index (κ2) is 16.5. The molecular weight excluding hydrogens is 468 g/mol. The van der Waals surface area contributed by atoms with E-state index in [1.165, 1.54) is 10.5 Å². The summed E-state index contributed by atoms with van der Waals surface area (Å²) in [6.45, 7) is 3.40. The van der Waals surface area contributed by atoms with Gasteiger partial charge in [0.25, 0.3) is 0 Å². The molecule has 0 radical (unpaired) electrons. The first-order valence-electron chi connectivity index (χ1n) is 13.1. The summed E-state index contributed by atoms with van der Waals surface area (Å²) >= 11 is 0. The van der Waals surface area contributed by atoms with E-state index in [-0.39, 0.29) is 31.3 Å². The third-order valence-corrected chi connectivity index (χ3v) is 6.12. The van der Waals surface area contributed by atoms with Crippen LogP contribution in [0.2, 0.25) is 0 Å². The smallest absolute Gasteiger partial charge is 0.246 e. The molecule has 0 saturated heterocycles. The van der Waals surface area contributed by atoms with Gasteiger partial charge in [-0.05, 0) is 48.9 Å². The van der Waals surface area contributed by atoms with Gasteiger partial charge >= 0.3 is 0 Å². The molecule has 0 aliphatic carbocycles. The minimum Gasteiger partial charge on any atom is -0.343 e. The Kier molecular flexibility index (Phi) is 13.3. The Morgan fingerprint density at radius 1 is 0.865 bits per heavy atom. The van der Waals surface area contributed by atoms with Crippen molar-refractivity contribution in [2.24, 2.45) is 17.2 Å². The molecule has 9 nitrogen and oxygen atoms in total. The predicted octanol–water partition coefficient (Wildman–Crippen LogP) is 1.55. The van der Waals surface area contributed by atoms with Crippen LogP contribution in [0.5, 0.6) is 0 Å². The van der Waals surface area contributed by atoms with Crippen molar-refractivity contribution in [1.82, 2.24) is 10.2 Å². The number of unbranched alkanes of at least 4 members (excludes halogenated alkanes) is 1. The first-order valence-corrected chi connectivity index (χ1v) is 13.1. The van der Waals surface area contributed by atoms with E-state index in [4.69, 9.17) is 17.2 Å². The van der Waals surface area contributed by atoms with Crippen LogP contribution in [-0.4, -0.2) is 60.9 Å². The van der Waals surface area contributed by atoms with Crippen LogP contribution in [-0.2, 0) is 27.2 Å². The fourth-order valence-corrected chi connectivity index (χ4v) is 3.95. The van der Waals surface area contributed by atoms with E-state index in [1.54, 1.807) is 0 Å². The maximum atomic E-state index is 13.2. The van der Waals surface area contributed by atoms with Crippen molar-refractivity contribution >= 4 is 23.4 Å². The lowest BCUT2D eigenvalue weighted by Gasteiger charge is -2.24. The van der Waals surface area contributed by atoms with Crippen molar-refractivity contribution in [2.45, 2.75) is 57.5 Å². The van der Waals surface area contributed by atoms with Gasteiger partial charge in [0.05, 0.1) is 12.5 Å². The van der Waals surface area contributed by atoms with Gasteiger partial charge in [-0.2, -0.15) is 0 Å². The third kappa shape index (κ3) is 10.7. The first-order chi connectivity index (χ1) is 17.9. The standard InChI is InChI=1S/C28H42N6O3/c1-2-3-7-22-10-13-23(14-11-22)32-28(37)25(15-12-21-8-5-4-6-9-21)33-27(36)24(31)20-26(35)34(18-16-29)19-17-30/h4-6,8-11,13-14,24-25H,2-3,7,12,15-20,29-31H2,1H3,(H,32,37)(H,33,36)/t24-,25-/m0/s1. The normalized spacial score (nSPS) is 12.4. The Morgan fingerprint density at radius 2 is 1.49 bits per heavy atom. The Morgan fingerprint density at radius 3 is 2.08 bits per heavy atom. The highest BCUT2D eigenvalue weighted by Gasteiger charge is 2.26. The minimum atomic E-state index is -1.10. The van der Waals surface area contributed by atoms with Crippen LogP contribution in [0.4, 0.5) is 5.69 Å². The van der Waals surface area contributed by atoms with Gasteiger partial charge in [0.15, 0.2) is 0 Å². The lowest BCUT2D eigenvalue weighted by Crippen LogP contribution is -2.52. The van der Waals surface area contributed by atoms with Gasteiger partial charge in [0, 0.05) is 31.9 Å². The van der Waals surface area contributed by atoms with E-state index in [0.29, 0.717) is 31.6 Å². The Bertz CT molecular complexity index is 962. The molecule has 0 unspecified atom stereocenters. The molecule has 2 atom stereocenters. The number of carbonyl (C=O) groups is 3. The van der Waals surface area contributed by atoms with Crippen molar-refractivity contribution in [3.05, 3.63) is 65.7 Å². The molecule has 0 aromatic heterocycles. The summed E-state index contributed by atoms with van der Waals surface area (Å²) < 4.78 is 0. The third-order valence-electron chi connectivity index (χ3n) is 6.12. The molecule has 0 bridgehead atoms. The number of hydrogen-bond donors (Lipinski definition) is 5. The van der Waals surface area contributed by atoms with E-state index >= 15 is 0 Å². The van der Waals surface area contributed by atoms with Gasteiger partial charge in [-0.25, -0.2) is 0 Å². The molecule has 0 heterocycles. The summed E-state index contributed by atoms with van der Waals surface area (Å²) in [5, 5.41) is 5.66. The van der Waals surface area contributed by atoms with Crippen LogP contribution >= 0.6 is 0 Å². The Balaban J connectivity index is 2.06. The molecule has 2 rings (SSSR count). The molecule has 202 valence electrons. The van der Waals surface area contributed by atoms with Crippen molar-refractivity contribution in [3.63, 3.8) is 0 Å². The molecule has 2 aromatic rings. The number of aryl methyl sites for hydroxylation is 2. The molecule has 0 saturated carbocycles. The number of nitrogens with zero attached hydrogens (tertiary/aromatic N) is 1. The summed E-state index contributed by atoms with van der Waals surface area (Å²) in [7, 11) is 0. The van der Waals surface area contributed by atoms with Crippen LogP contribution in [0.15, 0.2) is 54.6 Å². The average molecular weight is 511 g/mol. The number of benzene rings is 2. The zero-order chi connectivity index (χ0) is 27.0. The molecular formula is C28H42N6O3. The van der Waals surface area contributed by atoms with Crippen LogP contribution in [0.3, 0.4) is 0 Å². The van der Waals surface area contributed by atoms with Gasteiger partial charge in [-0.1, -0.05) is 55.8 Å². The summed E-state index contributed by atoms with van der Waals surface area (Å²) in [6, 6.07) is 15.5. The number of hydrogen-bond acceptors (Lipinski definition) is 6. The quantitative estimate of drug-likeness (QED) is 0.231. The number of carbonyl (C=O) groups excluding carboxylic acids is 3. The highest BCUT2D eigenvalue weighted by atomic mass is 16.2.